The molecular weight excluding hydrogens is 444 g/mol. The quantitative estimate of drug-likeness (QED) is 0.300. The summed E-state index contributed by atoms with van der Waals surface area (Å²) >= 11 is 3.08. The number of pyridine rings is 1. The molecule has 2 aliphatic rings. The van der Waals surface area contributed by atoms with Gasteiger partial charge >= 0.3 is 5.97 Å². The van der Waals surface area contributed by atoms with Gasteiger partial charge in [0.05, 0.1) is 29.5 Å². The Bertz CT molecular complexity index is 1190. The highest BCUT2D eigenvalue weighted by molar-refractivity contribution is 8.00. The van der Waals surface area contributed by atoms with Gasteiger partial charge in [-0.3, -0.25) is 4.79 Å². The van der Waals surface area contributed by atoms with Crippen molar-refractivity contribution in [3.63, 3.8) is 0 Å². The monoisotopic (exact) mass is 472 g/mol. The third-order valence-corrected chi connectivity index (χ3v) is 8.82. The Balaban J connectivity index is 1.71. The number of thioether (sulfide) groups is 1. The number of methoxy groups -OCH3 is 1. The Kier molecular flexibility index (Phi) is 5.75. The number of nitrogens with zero attached hydrogens (tertiary/aromatic N) is 4. The first-order valence-corrected chi connectivity index (χ1v) is 12.8. The molecule has 0 aromatic carbocycles. The second kappa shape index (κ2) is 8.43. The molecule has 9 heteroatoms. The fraction of sp³-hybridized carbons (Fsp3) is 0.565. The summed E-state index contributed by atoms with van der Waals surface area (Å²) in [6.07, 6.45) is 5.50. The van der Waals surface area contributed by atoms with Crippen LogP contribution in [0.4, 0.5) is 5.82 Å². The van der Waals surface area contributed by atoms with Gasteiger partial charge in [0.2, 0.25) is 0 Å². The predicted molar refractivity (Wildman–Crippen MR) is 129 cm³/mol. The molecule has 2 aliphatic heterocycles. The van der Waals surface area contributed by atoms with Crippen LogP contribution in [0.3, 0.4) is 0 Å². The third-order valence-electron chi connectivity index (χ3n) is 6.27. The maximum absolute atomic E-state index is 12.2. The van der Waals surface area contributed by atoms with Crippen LogP contribution in [0.5, 0.6) is 0 Å². The van der Waals surface area contributed by atoms with Crippen molar-refractivity contribution in [3.8, 4) is 0 Å². The Morgan fingerprint density at radius 3 is 2.81 bits per heavy atom. The zero-order valence-corrected chi connectivity index (χ0v) is 20.6. The number of hydrogen-bond acceptors (Lipinski definition) is 9. The molecule has 170 valence electrons. The minimum absolute atomic E-state index is 0.226. The summed E-state index contributed by atoms with van der Waals surface area (Å²) in [5.74, 6) is 0.839. The van der Waals surface area contributed by atoms with E-state index in [4.69, 9.17) is 14.5 Å². The summed E-state index contributed by atoms with van der Waals surface area (Å²) in [5, 5.41) is 1.64. The number of aromatic nitrogens is 3. The maximum Gasteiger partial charge on any atom is 0.319 e. The van der Waals surface area contributed by atoms with E-state index in [1.165, 1.54) is 42.8 Å². The minimum atomic E-state index is -0.294. The van der Waals surface area contributed by atoms with Crippen molar-refractivity contribution in [2.24, 2.45) is 0 Å². The van der Waals surface area contributed by atoms with Gasteiger partial charge in [-0.05, 0) is 38.7 Å². The smallest absolute Gasteiger partial charge is 0.319 e. The topological polar surface area (TPSA) is 77.4 Å². The summed E-state index contributed by atoms with van der Waals surface area (Å²) in [5.41, 5.74) is 3.19. The van der Waals surface area contributed by atoms with E-state index < -0.39 is 0 Å². The Hall–Kier alpha value is -1.97. The number of ether oxygens (including phenoxy) is 2. The van der Waals surface area contributed by atoms with E-state index in [1.807, 2.05) is 6.92 Å². The summed E-state index contributed by atoms with van der Waals surface area (Å²) in [7, 11) is 1.43. The number of carbonyl (C=O) groups is 1. The first-order chi connectivity index (χ1) is 15.4. The van der Waals surface area contributed by atoms with Crippen LogP contribution in [0.15, 0.2) is 11.4 Å². The van der Waals surface area contributed by atoms with Gasteiger partial charge in [-0.2, -0.15) is 0 Å². The van der Waals surface area contributed by atoms with E-state index in [2.05, 4.69) is 28.7 Å². The van der Waals surface area contributed by atoms with Gasteiger partial charge in [-0.15, -0.1) is 11.3 Å². The van der Waals surface area contributed by atoms with Crippen molar-refractivity contribution >= 4 is 55.3 Å². The lowest BCUT2D eigenvalue weighted by Gasteiger charge is -2.34. The van der Waals surface area contributed by atoms with E-state index >= 15 is 0 Å². The molecule has 7 nitrogen and oxygen atoms in total. The largest absolute Gasteiger partial charge is 0.468 e. The zero-order chi connectivity index (χ0) is 22.5. The minimum Gasteiger partial charge on any atom is -0.468 e. The van der Waals surface area contributed by atoms with E-state index in [1.54, 1.807) is 17.7 Å². The lowest BCUT2D eigenvalue weighted by molar-refractivity contribution is -0.140. The number of thiophene rings is 1. The number of carbonyl (C=O) groups excluding carboxylic acids is 1. The first-order valence-electron chi connectivity index (χ1n) is 11.1. The summed E-state index contributed by atoms with van der Waals surface area (Å²) in [6.45, 7) is 8.92. The number of rotatable bonds is 5. The van der Waals surface area contributed by atoms with Crippen molar-refractivity contribution in [2.75, 3.05) is 25.1 Å². The fourth-order valence-corrected chi connectivity index (χ4v) is 6.86. The van der Waals surface area contributed by atoms with Crippen LogP contribution < -0.4 is 4.90 Å². The highest BCUT2D eigenvalue weighted by atomic mass is 32.2. The molecular formula is C23H28N4O3S2. The fourth-order valence-electron chi connectivity index (χ4n) is 4.61. The third kappa shape index (κ3) is 3.74. The molecule has 32 heavy (non-hydrogen) atoms. The van der Waals surface area contributed by atoms with Crippen molar-refractivity contribution in [1.82, 2.24) is 15.0 Å². The van der Waals surface area contributed by atoms with Crippen LogP contribution in [-0.2, 0) is 27.3 Å². The number of hydrogen-bond donors (Lipinski definition) is 0. The molecule has 3 aromatic heterocycles. The second-order valence-corrected chi connectivity index (χ2v) is 11.2. The molecule has 0 N–H and O–H groups in total. The molecule has 0 spiro atoms. The van der Waals surface area contributed by atoms with E-state index in [9.17, 15) is 4.79 Å². The van der Waals surface area contributed by atoms with Gasteiger partial charge in [0, 0.05) is 30.5 Å². The average Bonchev–Trinajstić information content (AvgIpc) is 3.44. The van der Waals surface area contributed by atoms with Crippen LogP contribution in [0, 0.1) is 0 Å². The Morgan fingerprint density at radius 1 is 1.31 bits per heavy atom. The molecule has 0 unspecified atom stereocenters. The van der Waals surface area contributed by atoms with Gasteiger partial charge in [0.1, 0.15) is 27.3 Å². The predicted octanol–water partition coefficient (Wildman–Crippen LogP) is 4.73. The highest BCUT2D eigenvalue weighted by Gasteiger charge is 2.33. The lowest BCUT2D eigenvalue weighted by Crippen LogP contribution is -2.33. The van der Waals surface area contributed by atoms with Gasteiger partial charge in [-0.1, -0.05) is 18.7 Å². The zero-order valence-electron chi connectivity index (χ0n) is 18.9. The van der Waals surface area contributed by atoms with E-state index in [0.717, 1.165) is 50.8 Å². The molecule has 0 saturated carbocycles. The molecule has 5 heterocycles. The van der Waals surface area contributed by atoms with Gasteiger partial charge < -0.3 is 14.4 Å². The summed E-state index contributed by atoms with van der Waals surface area (Å²) < 4.78 is 12.2. The van der Waals surface area contributed by atoms with E-state index in [0.29, 0.717) is 13.0 Å². The van der Waals surface area contributed by atoms with Gasteiger partial charge in [0.15, 0.2) is 0 Å². The highest BCUT2D eigenvalue weighted by Crippen LogP contribution is 2.45. The molecule has 1 atom stereocenters. The van der Waals surface area contributed by atoms with Crippen LogP contribution in [0.25, 0.3) is 20.4 Å². The first kappa shape index (κ1) is 21.9. The van der Waals surface area contributed by atoms with Crippen LogP contribution in [0.2, 0.25) is 0 Å². The van der Waals surface area contributed by atoms with Gasteiger partial charge in [-0.25, -0.2) is 15.0 Å². The maximum atomic E-state index is 12.2. The summed E-state index contributed by atoms with van der Waals surface area (Å²) in [4.78, 5) is 30.0. The SMILES string of the molecule is CC[C@H](Sc1ncnc2c1sc1nc(N3CCCC3)c3c(c12)CC(C)(C)OC3)C(=O)OC. The average molecular weight is 473 g/mol. The molecule has 0 bridgehead atoms. The van der Waals surface area contributed by atoms with Crippen molar-refractivity contribution in [3.05, 3.63) is 17.5 Å². The molecule has 0 radical (unpaired) electrons. The Morgan fingerprint density at radius 2 is 2.09 bits per heavy atom. The van der Waals surface area contributed by atoms with Crippen molar-refractivity contribution in [1.29, 1.82) is 0 Å². The number of esters is 1. The standard InChI is InChI=1S/C23H28N4O3S2/c1-5-15(22(28)29-4)31-21-18-17(24-12-25-21)16-13-10-23(2,3)30-11-14(13)19(26-20(16)32-18)27-8-6-7-9-27/h12,15H,5-11H2,1-4H3/t15-/m0/s1. The van der Waals surface area contributed by atoms with Crippen molar-refractivity contribution < 1.29 is 14.3 Å². The molecule has 3 aromatic rings. The van der Waals surface area contributed by atoms with Gasteiger partial charge in [0.25, 0.3) is 0 Å². The molecule has 0 aliphatic carbocycles. The van der Waals surface area contributed by atoms with Crippen LogP contribution in [-0.4, -0.2) is 52.0 Å². The normalized spacial score (nSPS) is 18.8. The lowest BCUT2D eigenvalue weighted by atomic mass is 9.90. The molecule has 1 fully saturated rings. The summed E-state index contributed by atoms with van der Waals surface area (Å²) in [6, 6.07) is 0. The van der Waals surface area contributed by atoms with E-state index in [-0.39, 0.29) is 16.8 Å². The second-order valence-electron chi connectivity index (χ2n) is 8.99. The molecule has 1 saturated heterocycles. The van der Waals surface area contributed by atoms with Crippen molar-refractivity contribution in [2.45, 2.75) is 68.9 Å². The molecule has 0 amide bonds. The van der Waals surface area contributed by atoms with Crippen LogP contribution in [0.1, 0.15) is 51.2 Å². The van der Waals surface area contributed by atoms with Crippen LogP contribution >= 0.6 is 23.1 Å². The molecule has 5 rings (SSSR count). The number of fused-ring (bicyclic) bond motifs is 5. The number of anilines is 1. The Labute approximate surface area is 195 Å².